The van der Waals surface area contributed by atoms with Crippen LogP contribution in [0.2, 0.25) is 4.34 Å². The average Bonchev–Trinajstić information content (AvgIpc) is 3.66. The van der Waals surface area contributed by atoms with Crippen molar-refractivity contribution in [3.63, 3.8) is 0 Å². The summed E-state index contributed by atoms with van der Waals surface area (Å²) in [5.74, 6) is -1.34. The first-order valence-corrected chi connectivity index (χ1v) is 13.0. The second-order valence-electron chi connectivity index (χ2n) is 8.91. The van der Waals surface area contributed by atoms with E-state index < -0.39 is 29.6 Å². The Labute approximate surface area is 232 Å². The third-order valence-corrected chi connectivity index (χ3v) is 7.61. The molecule has 0 spiro atoms. The SMILES string of the molecule is O=C(c1cc2nc(-c3ccc(Cl)s3)cc(C(F)(F)F)n2n1)N1N=C(c2ccc(F)cc2)C[C@H]1c1ccccc1O. The fourth-order valence-electron chi connectivity index (χ4n) is 4.50. The molecule has 7 nitrogen and oxygen atoms in total. The Bertz CT molecular complexity index is 1800. The smallest absolute Gasteiger partial charge is 0.433 e. The molecule has 1 atom stereocenters. The van der Waals surface area contributed by atoms with Crippen molar-refractivity contribution in [1.82, 2.24) is 19.6 Å². The molecule has 0 fully saturated rings. The fraction of sp³-hybridized carbons (Fsp3) is 0.111. The second kappa shape index (κ2) is 9.72. The largest absolute Gasteiger partial charge is 0.508 e. The van der Waals surface area contributed by atoms with Crippen molar-refractivity contribution in [1.29, 1.82) is 0 Å². The van der Waals surface area contributed by atoms with Gasteiger partial charge in [-0.05, 0) is 42.0 Å². The number of carbonyl (C=O) groups is 1. The summed E-state index contributed by atoms with van der Waals surface area (Å²) in [4.78, 5) is 18.5. The molecular weight excluding hydrogens is 570 g/mol. The van der Waals surface area contributed by atoms with E-state index in [2.05, 4.69) is 15.2 Å². The molecule has 2 aromatic carbocycles. The van der Waals surface area contributed by atoms with Gasteiger partial charge in [0.05, 0.1) is 26.7 Å². The number of fused-ring (bicyclic) bond motifs is 1. The van der Waals surface area contributed by atoms with Crippen LogP contribution in [-0.4, -0.2) is 36.3 Å². The molecule has 13 heteroatoms. The third kappa shape index (κ3) is 4.69. The van der Waals surface area contributed by atoms with Crippen molar-refractivity contribution in [3.8, 4) is 16.3 Å². The highest BCUT2D eigenvalue weighted by Gasteiger charge is 2.38. The number of aromatic hydroxyl groups is 1. The lowest BCUT2D eigenvalue weighted by Gasteiger charge is -2.21. The highest BCUT2D eigenvalue weighted by atomic mass is 35.5. The Balaban J connectivity index is 1.46. The molecule has 6 rings (SSSR count). The Morgan fingerprint density at radius 2 is 1.80 bits per heavy atom. The van der Waals surface area contributed by atoms with Crippen molar-refractivity contribution in [2.24, 2.45) is 5.10 Å². The van der Waals surface area contributed by atoms with Gasteiger partial charge in [0, 0.05) is 18.1 Å². The van der Waals surface area contributed by atoms with Gasteiger partial charge in [-0.25, -0.2) is 18.9 Å². The van der Waals surface area contributed by atoms with Gasteiger partial charge < -0.3 is 5.11 Å². The molecule has 1 N–H and O–H groups in total. The first-order chi connectivity index (χ1) is 19.1. The maximum atomic E-state index is 14.0. The number of hydrogen-bond acceptors (Lipinski definition) is 6. The van der Waals surface area contributed by atoms with Gasteiger partial charge in [-0.2, -0.15) is 23.4 Å². The number of amides is 1. The van der Waals surface area contributed by atoms with Gasteiger partial charge in [0.2, 0.25) is 0 Å². The number of aromatic nitrogens is 3. The zero-order valence-electron chi connectivity index (χ0n) is 20.1. The minimum Gasteiger partial charge on any atom is -0.508 e. The van der Waals surface area contributed by atoms with Gasteiger partial charge in [-0.15, -0.1) is 11.3 Å². The van der Waals surface area contributed by atoms with E-state index in [4.69, 9.17) is 11.6 Å². The fourth-order valence-corrected chi connectivity index (χ4v) is 5.51. The summed E-state index contributed by atoms with van der Waals surface area (Å²) in [6.45, 7) is 0. The molecule has 1 amide bonds. The lowest BCUT2D eigenvalue weighted by Crippen LogP contribution is -2.27. The van der Waals surface area contributed by atoms with Crippen LogP contribution in [0.15, 0.2) is 77.9 Å². The Morgan fingerprint density at radius 1 is 1.05 bits per heavy atom. The summed E-state index contributed by atoms with van der Waals surface area (Å²) >= 11 is 7.03. The van der Waals surface area contributed by atoms with Crippen LogP contribution in [0.1, 0.15) is 39.8 Å². The third-order valence-electron chi connectivity index (χ3n) is 6.35. The van der Waals surface area contributed by atoms with Gasteiger partial charge >= 0.3 is 6.18 Å². The number of benzene rings is 2. The molecule has 3 aromatic heterocycles. The number of phenols is 1. The van der Waals surface area contributed by atoms with E-state index in [1.54, 1.807) is 30.3 Å². The molecule has 0 aliphatic carbocycles. The van der Waals surface area contributed by atoms with E-state index in [0.717, 1.165) is 28.5 Å². The monoisotopic (exact) mass is 585 g/mol. The first-order valence-electron chi connectivity index (χ1n) is 11.8. The normalized spacial score (nSPS) is 15.6. The Kier molecular flexibility index (Phi) is 6.31. The molecule has 5 aromatic rings. The highest BCUT2D eigenvalue weighted by Crippen LogP contribution is 2.39. The van der Waals surface area contributed by atoms with Crippen LogP contribution in [0.4, 0.5) is 17.6 Å². The number of hydrogen-bond donors (Lipinski definition) is 1. The molecule has 4 heterocycles. The van der Waals surface area contributed by atoms with Crippen molar-refractivity contribution in [2.75, 3.05) is 0 Å². The topological polar surface area (TPSA) is 83.1 Å². The molecule has 0 saturated carbocycles. The number of phenolic OH excluding ortho intramolecular Hbond substituents is 1. The molecule has 0 radical (unpaired) electrons. The molecular formula is C27H16ClF4N5O2S. The molecule has 0 saturated heterocycles. The number of thiophene rings is 1. The average molecular weight is 586 g/mol. The highest BCUT2D eigenvalue weighted by molar-refractivity contribution is 7.19. The van der Waals surface area contributed by atoms with E-state index in [-0.39, 0.29) is 29.2 Å². The number of nitrogens with zero attached hydrogens (tertiary/aromatic N) is 5. The van der Waals surface area contributed by atoms with Crippen LogP contribution in [-0.2, 0) is 6.18 Å². The van der Waals surface area contributed by atoms with E-state index in [0.29, 0.717) is 30.6 Å². The van der Waals surface area contributed by atoms with Crippen LogP contribution in [0.3, 0.4) is 0 Å². The summed E-state index contributed by atoms with van der Waals surface area (Å²) in [7, 11) is 0. The van der Waals surface area contributed by atoms with Gasteiger partial charge in [-0.3, -0.25) is 4.79 Å². The Hall–Kier alpha value is -4.29. The zero-order chi connectivity index (χ0) is 28.2. The van der Waals surface area contributed by atoms with Gasteiger partial charge in [0.1, 0.15) is 11.6 Å². The van der Waals surface area contributed by atoms with Crippen LogP contribution < -0.4 is 0 Å². The standard InChI is InChI=1S/C27H16ClF4N5O2S/c28-24-10-9-22(40-24)18-12-23(27(30,31)32)37-25(33-18)13-19(35-37)26(39)36-20(16-3-1-2-4-21(16)38)11-17(34-36)14-5-7-15(29)8-6-14/h1-10,12-13,20,38H,11H2/t20-/m0/s1. The minimum atomic E-state index is -4.80. The molecule has 0 bridgehead atoms. The number of hydrazone groups is 1. The summed E-state index contributed by atoms with van der Waals surface area (Å²) in [6.07, 6.45) is -4.64. The molecule has 40 heavy (non-hydrogen) atoms. The van der Waals surface area contributed by atoms with E-state index in [9.17, 15) is 27.5 Å². The van der Waals surface area contributed by atoms with Gasteiger partial charge in [0.15, 0.2) is 17.0 Å². The van der Waals surface area contributed by atoms with Crippen LogP contribution in [0.5, 0.6) is 5.75 Å². The van der Waals surface area contributed by atoms with Crippen molar-refractivity contribution >= 4 is 40.2 Å². The summed E-state index contributed by atoms with van der Waals surface area (Å²) in [5, 5.41) is 20.0. The summed E-state index contributed by atoms with van der Waals surface area (Å²) in [6, 6.07) is 16.2. The van der Waals surface area contributed by atoms with E-state index in [1.165, 1.54) is 30.3 Å². The van der Waals surface area contributed by atoms with E-state index >= 15 is 0 Å². The van der Waals surface area contributed by atoms with Crippen molar-refractivity contribution in [3.05, 3.63) is 105 Å². The number of carbonyl (C=O) groups excluding carboxylic acids is 1. The lowest BCUT2D eigenvalue weighted by atomic mass is 9.97. The van der Waals surface area contributed by atoms with Gasteiger partial charge in [0.25, 0.3) is 5.91 Å². The quantitative estimate of drug-likeness (QED) is 0.231. The first kappa shape index (κ1) is 26.0. The second-order valence-corrected chi connectivity index (χ2v) is 10.6. The van der Waals surface area contributed by atoms with Crippen LogP contribution in [0, 0.1) is 5.82 Å². The minimum absolute atomic E-state index is 0.0282. The van der Waals surface area contributed by atoms with Crippen LogP contribution >= 0.6 is 22.9 Å². The molecule has 202 valence electrons. The zero-order valence-corrected chi connectivity index (χ0v) is 21.7. The lowest BCUT2D eigenvalue weighted by molar-refractivity contribution is -0.142. The molecule has 1 aliphatic heterocycles. The predicted octanol–water partition coefficient (Wildman–Crippen LogP) is 6.97. The van der Waals surface area contributed by atoms with Crippen LogP contribution in [0.25, 0.3) is 16.2 Å². The number of para-hydroxylation sites is 1. The van der Waals surface area contributed by atoms with Gasteiger partial charge in [-0.1, -0.05) is 41.9 Å². The van der Waals surface area contributed by atoms with Crippen molar-refractivity contribution in [2.45, 2.75) is 18.6 Å². The van der Waals surface area contributed by atoms with E-state index in [1.807, 2.05) is 0 Å². The molecule has 1 aliphatic rings. The predicted molar refractivity (Wildman–Crippen MR) is 141 cm³/mol. The maximum Gasteiger partial charge on any atom is 0.433 e. The maximum absolute atomic E-state index is 14.0. The summed E-state index contributed by atoms with van der Waals surface area (Å²) < 4.78 is 56.6. The Morgan fingerprint density at radius 3 is 2.48 bits per heavy atom. The molecule has 0 unspecified atom stereocenters. The van der Waals surface area contributed by atoms with Crippen molar-refractivity contribution < 1.29 is 27.5 Å². The number of rotatable bonds is 4. The summed E-state index contributed by atoms with van der Waals surface area (Å²) in [5.41, 5.74) is -0.261. The number of halogens is 5. The number of alkyl halides is 3.